The number of hydrogen-bond acceptors (Lipinski definition) is 6. The summed E-state index contributed by atoms with van der Waals surface area (Å²) in [6.07, 6.45) is 2.21. The predicted octanol–water partition coefficient (Wildman–Crippen LogP) is 4.39. The molecular weight excluding hydrogens is 418 g/mol. The summed E-state index contributed by atoms with van der Waals surface area (Å²) >= 11 is 0. The van der Waals surface area contributed by atoms with E-state index in [4.69, 9.17) is 9.47 Å². The van der Waals surface area contributed by atoms with Gasteiger partial charge in [-0.3, -0.25) is 4.79 Å². The Morgan fingerprint density at radius 3 is 2.42 bits per heavy atom. The fourth-order valence-electron chi connectivity index (χ4n) is 3.46. The van der Waals surface area contributed by atoms with Gasteiger partial charge in [0.2, 0.25) is 0 Å². The third-order valence-corrected chi connectivity index (χ3v) is 5.27. The van der Waals surface area contributed by atoms with Crippen LogP contribution in [0.25, 0.3) is 11.4 Å². The monoisotopic (exact) mass is 441 g/mol. The molecule has 166 valence electrons. The number of carbonyl (C=O) groups excluding carboxylic acids is 1. The molecule has 8 nitrogen and oxygen atoms in total. The Kier molecular flexibility index (Phi) is 5.97. The van der Waals surface area contributed by atoms with Gasteiger partial charge in [0.1, 0.15) is 24.7 Å². The van der Waals surface area contributed by atoms with E-state index in [-0.39, 0.29) is 5.91 Å². The molecule has 5 rings (SSSR count). The Morgan fingerprint density at radius 2 is 1.64 bits per heavy atom. The minimum Gasteiger partial charge on any atom is -0.490 e. The predicted molar refractivity (Wildman–Crippen MR) is 123 cm³/mol. The van der Waals surface area contributed by atoms with Gasteiger partial charge >= 0.3 is 0 Å². The van der Waals surface area contributed by atoms with Gasteiger partial charge in [-0.1, -0.05) is 30.3 Å². The molecule has 1 aliphatic carbocycles. The molecule has 1 amide bonds. The highest BCUT2D eigenvalue weighted by Crippen LogP contribution is 2.36. The Morgan fingerprint density at radius 1 is 0.909 bits per heavy atom. The van der Waals surface area contributed by atoms with E-state index >= 15 is 0 Å². The van der Waals surface area contributed by atoms with Crippen LogP contribution in [0.4, 0.5) is 5.69 Å². The molecule has 1 fully saturated rings. The zero-order valence-electron chi connectivity index (χ0n) is 17.9. The molecule has 0 aliphatic heterocycles. The van der Waals surface area contributed by atoms with Gasteiger partial charge in [0.25, 0.3) is 5.91 Å². The van der Waals surface area contributed by atoms with Crippen LogP contribution in [0.3, 0.4) is 0 Å². The second-order valence-corrected chi connectivity index (χ2v) is 7.72. The number of hydrogen-bond donors (Lipinski definition) is 1. The van der Waals surface area contributed by atoms with E-state index in [1.807, 2.05) is 71.4 Å². The van der Waals surface area contributed by atoms with Crippen LogP contribution < -0.4 is 14.8 Å². The summed E-state index contributed by atoms with van der Waals surface area (Å²) in [5.41, 5.74) is 2.04. The van der Waals surface area contributed by atoms with Crippen molar-refractivity contribution >= 4 is 11.6 Å². The molecule has 1 aromatic heterocycles. The number of ether oxygens (including phenoxy) is 2. The first-order valence-corrected chi connectivity index (χ1v) is 10.9. The van der Waals surface area contributed by atoms with E-state index in [1.54, 1.807) is 12.1 Å². The molecule has 0 atom stereocenters. The Labute approximate surface area is 191 Å². The van der Waals surface area contributed by atoms with Crippen LogP contribution >= 0.6 is 0 Å². The van der Waals surface area contributed by atoms with Crippen molar-refractivity contribution in [1.29, 1.82) is 0 Å². The van der Waals surface area contributed by atoms with Gasteiger partial charge in [-0.2, -0.15) is 0 Å². The number of aromatic nitrogens is 4. The number of tetrazole rings is 1. The summed E-state index contributed by atoms with van der Waals surface area (Å²) < 4.78 is 13.3. The van der Waals surface area contributed by atoms with Gasteiger partial charge in [0.15, 0.2) is 5.82 Å². The molecule has 1 saturated carbocycles. The van der Waals surface area contributed by atoms with Gasteiger partial charge in [-0.15, -0.1) is 5.10 Å². The number of amides is 1. The number of carbonyl (C=O) groups is 1. The van der Waals surface area contributed by atoms with Crippen LogP contribution in [0.15, 0.2) is 78.9 Å². The summed E-state index contributed by atoms with van der Waals surface area (Å²) in [6, 6.07) is 24.6. The smallest absolute Gasteiger partial charge is 0.259 e. The molecule has 8 heteroatoms. The standard InChI is InChI=1S/C25H23N5O3/c31-25(22-8-4-5-9-23(22)33-17-16-32-21-6-2-1-3-7-21)26-19-12-10-18(11-13-19)24-27-28-29-30(24)20-14-15-20/h1-13,20H,14-17H2,(H,26,31). The maximum atomic E-state index is 12.9. The Bertz CT molecular complexity index is 1220. The van der Waals surface area contributed by atoms with Crippen LogP contribution in [-0.4, -0.2) is 39.3 Å². The van der Waals surface area contributed by atoms with Crippen molar-refractivity contribution < 1.29 is 14.3 Å². The number of para-hydroxylation sites is 2. The lowest BCUT2D eigenvalue weighted by Gasteiger charge is -2.12. The van der Waals surface area contributed by atoms with Crippen molar-refractivity contribution in [3.8, 4) is 22.9 Å². The first kappa shape index (κ1) is 20.7. The van der Waals surface area contributed by atoms with Crippen molar-refractivity contribution in [3.63, 3.8) is 0 Å². The molecule has 4 aromatic rings. The molecule has 1 N–H and O–H groups in total. The fourth-order valence-corrected chi connectivity index (χ4v) is 3.46. The van der Waals surface area contributed by atoms with Crippen LogP contribution in [0.1, 0.15) is 29.2 Å². The second kappa shape index (κ2) is 9.52. The molecule has 0 saturated heterocycles. The van der Waals surface area contributed by atoms with E-state index < -0.39 is 0 Å². The number of nitrogens with zero attached hydrogens (tertiary/aromatic N) is 4. The van der Waals surface area contributed by atoms with Crippen LogP contribution in [0.5, 0.6) is 11.5 Å². The SMILES string of the molecule is O=C(Nc1ccc(-c2nnnn2C2CC2)cc1)c1ccccc1OCCOc1ccccc1. The van der Waals surface area contributed by atoms with Gasteiger partial charge < -0.3 is 14.8 Å². The van der Waals surface area contributed by atoms with Crippen LogP contribution in [-0.2, 0) is 0 Å². The zero-order chi connectivity index (χ0) is 22.5. The van der Waals surface area contributed by atoms with E-state index in [0.29, 0.717) is 36.3 Å². The topological polar surface area (TPSA) is 91.2 Å². The van der Waals surface area contributed by atoms with Crippen molar-refractivity contribution in [1.82, 2.24) is 20.2 Å². The maximum absolute atomic E-state index is 12.9. The summed E-state index contributed by atoms with van der Waals surface area (Å²) in [4.78, 5) is 12.9. The lowest BCUT2D eigenvalue weighted by Crippen LogP contribution is -2.15. The average molecular weight is 441 g/mol. The Hall–Kier alpha value is -4.20. The third-order valence-electron chi connectivity index (χ3n) is 5.27. The van der Waals surface area contributed by atoms with Gasteiger partial charge in [-0.25, -0.2) is 4.68 Å². The van der Waals surface area contributed by atoms with Crippen molar-refractivity contribution in [3.05, 3.63) is 84.4 Å². The number of anilines is 1. The second-order valence-electron chi connectivity index (χ2n) is 7.72. The quantitative estimate of drug-likeness (QED) is 0.388. The summed E-state index contributed by atoms with van der Waals surface area (Å²) in [5.74, 6) is 1.78. The van der Waals surface area contributed by atoms with Crippen molar-refractivity contribution in [2.45, 2.75) is 18.9 Å². The molecule has 0 radical (unpaired) electrons. The molecule has 33 heavy (non-hydrogen) atoms. The number of rotatable bonds is 9. The molecular formula is C25H23N5O3. The first-order chi connectivity index (χ1) is 16.3. The van der Waals surface area contributed by atoms with Gasteiger partial charge in [-0.05, 0) is 71.8 Å². The highest BCUT2D eigenvalue weighted by atomic mass is 16.5. The highest BCUT2D eigenvalue weighted by molar-refractivity contribution is 6.06. The van der Waals surface area contributed by atoms with Crippen molar-refractivity contribution in [2.24, 2.45) is 0 Å². The van der Waals surface area contributed by atoms with E-state index in [9.17, 15) is 4.79 Å². The Balaban J connectivity index is 1.20. The van der Waals surface area contributed by atoms with Gasteiger partial charge in [0.05, 0.1) is 11.6 Å². The molecule has 0 unspecified atom stereocenters. The molecule has 0 spiro atoms. The first-order valence-electron chi connectivity index (χ1n) is 10.9. The molecule has 1 aliphatic rings. The van der Waals surface area contributed by atoms with E-state index in [0.717, 1.165) is 30.0 Å². The highest BCUT2D eigenvalue weighted by Gasteiger charge is 2.28. The van der Waals surface area contributed by atoms with E-state index in [2.05, 4.69) is 20.8 Å². The molecule has 0 bridgehead atoms. The fraction of sp³-hybridized carbons (Fsp3) is 0.200. The lowest BCUT2D eigenvalue weighted by atomic mass is 10.1. The van der Waals surface area contributed by atoms with E-state index in [1.165, 1.54) is 0 Å². The largest absolute Gasteiger partial charge is 0.490 e. The minimum absolute atomic E-state index is 0.245. The zero-order valence-corrected chi connectivity index (χ0v) is 17.9. The number of benzene rings is 3. The van der Waals surface area contributed by atoms with Crippen LogP contribution in [0, 0.1) is 0 Å². The number of nitrogens with one attached hydrogen (secondary N) is 1. The minimum atomic E-state index is -0.245. The lowest BCUT2D eigenvalue weighted by molar-refractivity contribution is 0.102. The van der Waals surface area contributed by atoms with Crippen molar-refractivity contribution in [2.75, 3.05) is 18.5 Å². The summed E-state index contributed by atoms with van der Waals surface area (Å²) in [7, 11) is 0. The molecule has 1 heterocycles. The summed E-state index contributed by atoms with van der Waals surface area (Å²) in [5, 5.41) is 15.0. The average Bonchev–Trinajstić information content (AvgIpc) is 3.59. The normalized spacial score (nSPS) is 12.8. The summed E-state index contributed by atoms with van der Waals surface area (Å²) in [6.45, 7) is 0.700. The maximum Gasteiger partial charge on any atom is 0.259 e. The molecule has 3 aromatic carbocycles. The third kappa shape index (κ3) is 5.01. The van der Waals surface area contributed by atoms with Gasteiger partial charge in [0, 0.05) is 11.3 Å². The van der Waals surface area contributed by atoms with Crippen LogP contribution in [0.2, 0.25) is 0 Å².